The van der Waals surface area contributed by atoms with Gasteiger partial charge in [0.05, 0.1) is 89.2 Å². The summed E-state index contributed by atoms with van der Waals surface area (Å²) in [6, 6.07) is 65.5. The molecule has 0 radical (unpaired) electrons. The van der Waals surface area contributed by atoms with E-state index in [0.717, 1.165) is 72.3 Å². The van der Waals surface area contributed by atoms with Crippen molar-refractivity contribution in [1.29, 1.82) is 0 Å². The second kappa shape index (κ2) is 42.9. The van der Waals surface area contributed by atoms with Crippen molar-refractivity contribution in [3.63, 3.8) is 0 Å². The van der Waals surface area contributed by atoms with E-state index in [2.05, 4.69) is 64.5 Å². The molecular formula is C96H84N17O26+. The van der Waals surface area contributed by atoms with Crippen molar-refractivity contribution in [3.05, 3.63) is 340 Å². The number of esters is 3. The monoisotopic (exact) mass is 1890 g/mol. The van der Waals surface area contributed by atoms with Crippen LogP contribution in [0.2, 0.25) is 0 Å². The second-order valence-corrected chi connectivity index (χ2v) is 30.5. The van der Waals surface area contributed by atoms with Crippen molar-refractivity contribution in [2.45, 2.75) is 80.0 Å². The van der Waals surface area contributed by atoms with Crippen LogP contribution in [0.1, 0.15) is 98.0 Å². The summed E-state index contributed by atoms with van der Waals surface area (Å²) in [6.07, 6.45) is 4.15. The predicted octanol–water partition coefficient (Wildman–Crippen LogP) is 14.4. The molecule has 708 valence electrons. The maximum Gasteiger partial charge on any atom is 0.511 e. The third-order valence-electron chi connectivity index (χ3n) is 21.2. The van der Waals surface area contributed by atoms with Gasteiger partial charge in [0.15, 0.2) is 35.3 Å². The number of rotatable bonds is 34. The fraction of sp³-hybridized carbons (Fsp3) is 0.188. The van der Waals surface area contributed by atoms with Crippen molar-refractivity contribution in [3.8, 4) is 85.6 Å². The van der Waals surface area contributed by atoms with E-state index in [0.29, 0.717) is 101 Å². The van der Waals surface area contributed by atoms with Crippen LogP contribution in [0.25, 0.3) is 101 Å². The van der Waals surface area contributed by atoms with Gasteiger partial charge in [0, 0.05) is 73.6 Å². The maximum atomic E-state index is 13.4. The van der Waals surface area contributed by atoms with Gasteiger partial charge in [-0.1, -0.05) is 189 Å². The number of benzene rings is 9. The molecule has 1 unspecified atom stereocenters. The van der Waals surface area contributed by atoms with Gasteiger partial charge in [-0.2, -0.15) is 15.0 Å². The Hall–Kier alpha value is -18.7. The molecule has 0 fully saturated rings. The highest BCUT2D eigenvalue weighted by atomic mass is 17.0. The van der Waals surface area contributed by atoms with E-state index in [-0.39, 0.29) is 58.4 Å². The van der Waals surface area contributed by atoms with Crippen LogP contribution >= 0.6 is 0 Å². The van der Waals surface area contributed by atoms with Crippen LogP contribution in [-0.2, 0) is 98.2 Å². The summed E-state index contributed by atoms with van der Waals surface area (Å²) in [5.74, 6) is -3.08. The molecule has 0 saturated heterocycles. The minimum absolute atomic E-state index is 0.00412. The number of imidazole rings is 3. The fourth-order valence-electron chi connectivity index (χ4n) is 15.1. The Bertz CT molecular complexity index is 7730. The average molecular weight is 1890 g/mol. The van der Waals surface area contributed by atoms with Gasteiger partial charge < -0.3 is 61.3 Å². The molecular weight excluding hydrogens is 1810 g/mol. The largest absolute Gasteiger partial charge is 0.511 e. The minimum atomic E-state index is -1.21. The number of aromatic amines is 4. The van der Waals surface area contributed by atoms with E-state index >= 15 is 0 Å². The van der Waals surface area contributed by atoms with Crippen molar-refractivity contribution >= 4 is 63.3 Å². The molecule has 9 aromatic carbocycles. The summed E-state index contributed by atoms with van der Waals surface area (Å²) in [7, 11) is 3.71. The number of nitrogens with zero attached hydrogens (tertiary/aromatic N) is 13. The number of nitrogens with one attached hydrogen (secondary N) is 4. The molecule has 0 spiro atoms. The van der Waals surface area contributed by atoms with Gasteiger partial charge in [-0.25, -0.2) is 38.4 Å². The Balaban J connectivity index is 0.000000151. The van der Waals surface area contributed by atoms with Crippen molar-refractivity contribution < 1.29 is 104 Å². The van der Waals surface area contributed by atoms with Crippen LogP contribution in [-0.4, -0.2) is 142 Å². The first kappa shape index (κ1) is 93.5. The van der Waals surface area contributed by atoms with E-state index in [1.165, 1.54) is 6.92 Å². The van der Waals surface area contributed by atoms with E-state index < -0.39 is 78.9 Å². The standard InChI is InChI=1S/C34H31N5O8.C33H29N5O8.C29H23N7O10/c1-4-43-32-35-28-11-7-10-27(31(40)45-21(2)46-34(42)44-20-23-16-17-38(3)18-23)29(28)39(32)19-22-12-14-24(15-13-22)25-8-5-6-9-26(25)30-36-33(41)47-37-30;1-3-42-31-34-27-10-6-9-26(30(39)44-20-45-33(41)43-19-22-15-16-37(2)17-22)28(27)38(31)18-21-11-13-23(14-12-21)24-7-4-5-8-25(24)29-35-32(40)46-36-29;1-2-42-28-30-22-9-5-8-21(27(37)43-15-23-24(16-44-36(40)41)35(39)46-32-23)25(22)34(28)14-17-10-12-18(13-11-17)19-6-3-4-7-20(19)26-31-29(38)45-33-26/h5-18,21H,4,19-20H2,1-3H3,(H,36,37,41);4-17H,3,18-20H2,1-2H3,(H,35,36,40);3-13H,2,14-16H2,1H3,(H-,31,32,33,38,39)/p+1. The lowest BCUT2D eigenvalue weighted by molar-refractivity contribution is -0.777. The Morgan fingerprint density at radius 1 is 0.424 bits per heavy atom. The zero-order chi connectivity index (χ0) is 97.2. The molecule has 4 N–H and O–H groups in total. The molecule has 0 aliphatic carbocycles. The second-order valence-electron chi connectivity index (χ2n) is 30.5. The number of carbonyl (C=O) groups is 5. The van der Waals surface area contributed by atoms with E-state index in [1.807, 2.05) is 227 Å². The average Bonchev–Trinajstić information content (AvgIpc) is 1.63. The highest BCUT2D eigenvalue weighted by Gasteiger charge is 2.30. The summed E-state index contributed by atoms with van der Waals surface area (Å²) in [6.45, 7) is 7.20. The first-order valence-corrected chi connectivity index (χ1v) is 42.9. The molecule has 0 aliphatic heterocycles. The summed E-state index contributed by atoms with van der Waals surface area (Å²) in [4.78, 5) is 147. The van der Waals surface area contributed by atoms with Gasteiger partial charge in [-0.15, -0.1) is 10.1 Å². The van der Waals surface area contributed by atoms with Crippen molar-refractivity contribution in [2.75, 3.05) is 26.6 Å². The lowest BCUT2D eigenvalue weighted by atomic mass is 9.98. The van der Waals surface area contributed by atoms with E-state index in [1.54, 1.807) is 68.3 Å². The van der Waals surface area contributed by atoms with Crippen LogP contribution in [0.3, 0.4) is 0 Å². The number of para-hydroxylation sites is 3. The Labute approximate surface area is 783 Å². The predicted molar refractivity (Wildman–Crippen MR) is 490 cm³/mol. The summed E-state index contributed by atoms with van der Waals surface area (Å²) in [5, 5.41) is 23.3. The van der Waals surface area contributed by atoms with Gasteiger partial charge in [-0.05, 0) is 124 Å². The highest BCUT2D eigenvalue weighted by molar-refractivity contribution is 6.04. The maximum absolute atomic E-state index is 13.4. The molecule has 1 atom stereocenters. The van der Waals surface area contributed by atoms with E-state index in [4.69, 9.17) is 56.4 Å². The summed E-state index contributed by atoms with van der Waals surface area (Å²) >= 11 is 0. The molecule has 0 amide bonds. The van der Waals surface area contributed by atoms with Crippen LogP contribution in [0.4, 0.5) is 9.59 Å². The molecule has 0 saturated carbocycles. The first-order valence-electron chi connectivity index (χ1n) is 42.9. The number of carbonyl (C=O) groups excluding carboxylic acids is 5. The van der Waals surface area contributed by atoms with Crippen LogP contribution in [0.5, 0.6) is 18.0 Å². The number of H-pyrrole nitrogens is 4. The SMILES string of the molecule is CCOc1nc2cccc(C(=O)OC(C)OC(=O)OCc3ccn(C)c3)c2n1Cc1ccc(-c2ccccc2-c2noc(=O)[nH]2)cc1.CCOc1nc2cccc(C(=O)OCOC(=O)OCc3ccn(C)c3)c2n1Cc1ccc(-c2ccccc2-c2noc(=O)[nH]2)cc1.CCOc1nc2cccc(C(=O)OCc3[nH]o[n+](=O)c3CO[N+](=O)[O-])c2n1Cc1ccc(-c2ccccc2-c2noc(=O)[nH]2)cc1. The Morgan fingerprint density at radius 2 is 0.799 bits per heavy atom. The number of hydrogen-bond donors (Lipinski definition) is 4. The van der Waals surface area contributed by atoms with Crippen LogP contribution in [0, 0.1) is 15.0 Å². The van der Waals surface area contributed by atoms with Crippen molar-refractivity contribution in [1.82, 2.24) is 73.4 Å². The normalized spacial score (nSPS) is 11.3. The van der Waals surface area contributed by atoms with Crippen LogP contribution in [0.15, 0.2) is 270 Å². The van der Waals surface area contributed by atoms with Gasteiger partial charge >= 0.3 is 47.5 Å². The summed E-state index contributed by atoms with van der Waals surface area (Å²) < 4.78 is 81.7. The van der Waals surface area contributed by atoms with Crippen molar-refractivity contribution in [2.24, 2.45) is 14.1 Å². The molecule has 18 rings (SSSR count). The molecule has 43 nitrogen and oxygen atoms in total. The number of hydrogen-bond acceptors (Lipinski definition) is 32. The lowest BCUT2D eigenvalue weighted by Gasteiger charge is -2.15. The Kier molecular flexibility index (Phi) is 28.8. The van der Waals surface area contributed by atoms with Gasteiger partial charge in [0.2, 0.25) is 18.8 Å². The fourth-order valence-corrected chi connectivity index (χ4v) is 15.1. The number of ether oxygens (including phenoxy) is 10. The molecule has 43 heteroatoms. The molecule has 139 heavy (non-hydrogen) atoms. The zero-order valence-corrected chi connectivity index (χ0v) is 74.8. The number of aromatic nitrogens is 16. The smallest absolute Gasteiger partial charge is 0.465 e. The molecule has 9 aromatic heterocycles. The van der Waals surface area contributed by atoms with Gasteiger partial charge in [-0.3, -0.25) is 42.2 Å². The Morgan fingerprint density at radius 3 is 1.16 bits per heavy atom. The van der Waals surface area contributed by atoms with Crippen LogP contribution < -0.4 is 36.1 Å². The summed E-state index contributed by atoms with van der Waals surface area (Å²) in [5.41, 5.74) is 15.0. The third-order valence-corrected chi connectivity index (χ3v) is 21.2. The van der Waals surface area contributed by atoms with E-state index in [9.17, 15) is 53.4 Å². The minimum Gasteiger partial charge on any atom is -0.465 e. The number of fused-ring (bicyclic) bond motifs is 3. The zero-order valence-electron chi connectivity index (χ0n) is 74.8. The van der Waals surface area contributed by atoms with Gasteiger partial charge in [0.1, 0.15) is 13.2 Å². The molecule has 0 aliphatic rings. The first-order chi connectivity index (χ1) is 67.5. The lowest BCUT2D eigenvalue weighted by Crippen LogP contribution is -2.22. The molecule has 9 heterocycles. The third kappa shape index (κ3) is 22.3. The quantitative estimate of drug-likeness (QED) is 0.00956. The highest BCUT2D eigenvalue weighted by Crippen LogP contribution is 2.37. The number of aryl methyl sites for hydroxylation is 2. The topological polar surface area (TPSA) is 522 Å². The molecule has 18 aromatic rings. The van der Waals surface area contributed by atoms with Gasteiger partial charge in [0.25, 0.3) is 28.8 Å². The molecule has 0 bridgehead atoms.